The third kappa shape index (κ3) is 2.70. The van der Waals surface area contributed by atoms with Crippen molar-refractivity contribution in [2.75, 3.05) is 0 Å². The van der Waals surface area contributed by atoms with Crippen molar-refractivity contribution >= 4 is 15.9 Å². The molecule has 0 aliphatic rings. The number of hydrogen-bond donors (Lipinski definition) is 0. The third-order valence-electron chi connectivity index (χ3n) is 4.11. The molecule has 0 unspecified atom stereocenters. The summed E-state index contributed by atoms with van der Waals surface area (Å²) in [5.41, 5.74) is 5.91. The van der Waals surface area contributed by atoms with E-state index < -0.39 is 0 Å². The van der Waals surface area contributed by atoms with E-state index in [0.717, 1.165) is 10.2 Å². The highest BCUT2D eigenvalue weighted by atomic mass is 79.9. The molecule has 4 aromatic rings. The van der Waals surface area contributed by atoms with Crippen LogP contribution in [0, 0.1) is 0 Å². The van der Waals surface area contributed by atoms with Crippen molar-refractivity contribution in [2.45, 2.75) is 0 Å². The first-order valence-corrected chi connectivity index (χ1v) is 8.71. The number of halogens is 1. The quantitative estimate of drug-likeness (QED) is 0.382. The van der Waals surface area contributed by atoms with Crippen LogP contribution in [0.1, 0.15) is 0 Å². The molecule has 0 bridgehead atoms. The average Bonchev–Trinajstić information content (AvgIpc) is 3.08. The van der Waals surface area contributed by atoms with Gasteiger partial charge in [0, 0.05) is 4.47 Å². The topological polar surface area (TPSA) is 4.93 Å². The Kier molecular flexibility index (Phi) is 4.06. The normalized spacial score (nSPS) is 10.7. The van der Waals surface area contributed by atoms with Gasteiger partial charge in [0.15, 0.2) is 0 Å². The third-order valence-corrected chi connectivity index (χ3v) is 4.78. The maximum absolute atomic E-state index is 3.71. The molecule has 0 spiro atoms. The second kappa shape index (κ2) is 6.50. The zero-order valence-corrected chi connectivity index (χ0v) is 14.6. The summed E-state index contributed by atoms with van der Waals surface area (Å²) in [6, 6.07) is 33.7. The van der Waals surface area contributed by atoms with E-state index in [4.69, 9.17) is 0 Å². The fourth-order valence-electron chi connectivity index (χ4n) is 3.00. The van der Waals surface area contributed by atoms with Crippen LogP contribution in [-0.2, 0) is 0 Å². The van der Waals surface area contributed by atoms with Crippen LogP contribution in [0.3, 0.4) is 0 Å². The van der Waals surface area contributed by atoms with Gasteiger partial charge in [0.25, 0.3) is 0 Å². The van der Waals surface area contributed by atoms with E-state index in [2.05, 4.69) is 99.4 Å². The van der Waals surface area contributed by atoms with Crippen LogP contribution in [0.25, 0.3) is 28.2 Å². The second-order valence-electron chi connectivity index (χ2n) is 5.62. The molecule has 0 fully saturated rings. The number of aromatic nitrogens is 1. The van der Waals surface area contributed by atoms with Gasteiger partial charge >= 0.3 is 0 Å². The Bertz CT molecular complexity index is 899. The van der Waals surface area contributed by atoms with Crippen LogP contribution >= 0.6 is 15.9 Å². The highest BCUT2D eigenvalue weighted by molar-refractivity contribution is 9.10. The van der Waals surface area contributed by atoms with Crippen LogP contribution in [0.5, 0.6) is 0 Å². The SMILES string of the molecule is Brc1ccccc1-n1c(-c2ccccc2)ccc1-c1ccccc1. The fraction of sp³-hybridized carbons (Fsp3) is 0. The molecular weight excluding hydrogens is 358 g/mol. The Morgan fingerprint density at radius 2 is 0.958 bits per heavy atom. The lowest BCUT2D eigenvalue weighted by Gasteiger charge is -2.16. The summed E-state index contributed by atoms with van der Waals surface area (Å²) in [6.45, 7) is 0. The summed E-state index contributed by atoms with van der Waals surface area (Å²) in [5.74, 6) is 0. The molecule has 0 saturated carbocycles. The van der Waals surface area contributed by atoms with Crippen molar-refractivity contribution in [1.82, 2.24) is 4.57 Å². The van der Waals surface area contributed by atoms with E-state index in [9.17, 15) is 0 Å². The van der Waals surface area contributed by atoms with Crippen molar-refractivity contribution in [3.8, 4) is 28.2 Å². The van der Waals surface area contributed by atoms with Crippen LogP contribution in [0.15, 0.2) is 102 Å². The molecule has 0 saturated heterocycles. The number of para-hydroxylation sites is 1. The van der Waals surface area contributed by atoms with Gasteiger partial charge in [-0.1, -0.05) is 72.8 Å². The Hall–Kier alpha value is -2.58. The van der Waals surface area contributed by atoms with Gasteiger partial charge in [-0.05, 0) is 51.3 Å². The Morgan fingerprint density at radius 3 is 1.46 bits per heavy atom. The summed E-state index contributed by atoms with van der Waals surface area (Å²) in [6.07, 6.45) is 0. The van der Waals surface area contributed by atoms with Gasteiger partial charge in [-0.15, -0.1) is 0 Å². The Labute approximate surface area is 150 Å². The first-order chi connectivity index (χ1) is 11.8. The standard InChI is InChI=1S/C22H16BrN/c23-19-13-7-8-14-22(19)24-20(17-9-3-1-4-10-17)15-16-21(24)18-11-5-2-6-12-18/h1-16H. The lowest BCUT2D eigenvalue weighted by molar-refractivity contribution is 1.09. The average molecular weight is 374 g/mol. The first kappa shape index (κ1) is 15.0. The van der Waals surface area contributed by atoms with Crippen LogP contribution in [0.4, 0.5) is 0 Å². The molecule has 1 nitrogen and oxygen atoms in total. The van der Waals surface area contributed by atoms with Crippen molar-refractivity contribution in [2.24, 2.45) is 0 Å². The van der Waals surface area contributed by atoms with Crippen molar-refractivity contribution < 1.29 is 0 Å². The van der Waals surface area contributed by atoms with Gasteiger partial charge < -0.3 is 4.57 Å². The lowest BCUT2D eigenvalue weighted by Crippen LogP contribution is -2.00. The van der Waals surface area contributed by atoms with Crippen LogP contribution in [-0.4, -0.2) is 4.57 Å². The Balaban J connectivity index is 2.00. The molecule has 2 heteroatoms. The summed E-state index contributed by atoms with van der Waals surface area (Å²) >= 11 is 3.71. The van der Waals surface area contributed by atoms with E-state index in [-0.39, 0.29) is 0 Å². The van der Waals surface area contributed by atoms with Crippen LogP contribution in [0.2, 0.25) is 0 Å². The molecule has 1 aromatic heterocycles. The van der Waals surface area contributed by atoms with Gasteiger partial charge in [0.1, 0.15) is 0 Å². The molecule has 0 aliphatic heterocycles. The number of benzene rings is 3. The molecule has 3 aromatic carbocycles. The minimum absolute atomic E-state index is 1.08. The minimum Gasteiger partial charge on any atom is -0.308 e. The highest BCUT2D eigenvalue weighted by Crippen LogP contribution is 2.34. The monoisotopic (exact) mass is 373 g/mol. The van der Waals surface area contributed by atoms with Crippen molar-refractivity contribution in [3.05, 3.63) is 102 Å². The zero-order chi connectivity index (χ0) is 16.4. The van der Waals surface area contributed by atoms with E-state index in [1.807, 2.05) is 18.2 Å². The molecule has 24 heavy (non-hydrogen) atoms. The molecule has 1 heterocycles. The number of rotatable bonds is 3. The summed E-state index contributed by atoms with van der Waals surface area (Å²) in [5, 5.41) is 0. The molecular formula is C22H16BrN. The van der Waals surface area contributed by atoms with E-state index in [0.29, 0.717) is 0 Å². The minimum atomic E-state index is 1.08. The maximum atomic E-state index is 3.71. The van der Waals surface area contributed by atoms with Crippen LogP contribution < -0.4 is 0 Å². The zero-order valence-electron chi connectivity index (χ0n) is 13.1. The smallest absolute Gasteiger partial charge is 0.0604 e. The van der Waals surface area contributed by atoms with Gasteiger partial charge in [-0.3, -0.25) is 0 Å². The first-order valence-electron chi connectivity index (χ1n) is 7.92. The van der Waals surface area contributed by atoms with E-state index >= 15 is 0 Å². The summed E-state index contributed by atoms with van der Waals surface area (Å²) < 4.78 is 3.39. The molecule has 0 N–H and O–H groups in total. The second-order valence-corrected chi connectivity index (χ2v) is 6.48. The predicted octanol–water partition coefficient (Wildman–Crippen LogP) is 6.57. The van der Waals surface area contributed by atoms with Gasteiger partial charge in [-0.2, -0.15) is 0 Å². The molecule has 0 amide bonds. The predicted molar refractivity (Wildman–Crippen MR) is 104 cm³/mol. The Morgan fingerprint density at radius 1 is 0.500 bits per heavy atom. The lowest BCUT2D eigenvalue weighted by atomic mass is 10.1. The van der Waals surface area contributed by atoms with Gasteiger partial charge in [0.2, 0.25) is 0 Å². The molecule has 0 aliphatic carbocycles. The number of hydrogen-bond acceptors (Lipinski definition) is 0. The maximum Gasteiger partial charge on any atom is 0.0604 e. The van der Waals surface area contributed by atoms with E-state index in [1.54, 1.807) is 0 Å². The molecule has 0 atom stereocenters. The fourth-order valence-corrected chi connectivity index (χ4v) is 3.46. The molecule has 0 radical (unpaired) electrons. The molecule has 4 rings (SSSR count). The number of nitrogens with zero attached hydrogens (tertiary/aromatic N) is 1. The van der Waals surface area contributed by atoms with Gasteiger partial charge in [0.05, 0.1) is 17.1 Å². The summed E-state index contributed by atoms with van der Waals surface area (Å²) in [7, 11) is 0. The largest absolute Gasteiger partial charge is 0.308 e. The molecule has 116 valence electrons. The summed E-state index contributed by atoms with van der Waals surface area (Å²) in [4.78, 5) is 0. The van der Waals surface area contributed by atoms with Gasteiger partial charge in [-0.25, -0.2) is 0 Å². The highest BCUT2D eigenvalue weighted by Gasteiger charge is 2.14. The van der Waals surface area contributed by atoms with Crippen molar-refractivity contribution in [3.63, 3.8) is 0 Å². The van der Waals surface area contributed by atoms with Crippen molar-refractivity contribution in [1.29, 1.82) is 0 Å². The van der Waals surface area contributed by atoms with E-state index in [1.165, 1.54) is 22.5 Å².